The summed E-state index contributed by atoms with van der Waals surface area (Å²) in [6.07, 6.45) is 1.77. The molecule has 0 bridgehead atoms. The normalized spacial score (nSPS) is 11.3. The number of benzene rings is 1. The van der Waals surface area contributed by atoms with E-state index in [-0.39, 0.29) is 5.56 Å². The maximum atomic E-state index is 12.3. The minimum absolute atomic E-state index is 0.0236. The highest BCUT2D eigenvalue weighted by Crippen LogP contribution is 2.10. The summed E-state index contributed by atoms with van der Waals surface area (Å²) < 4.78 is 1.60. The highest BCUT2D eigenvalue weighted by molar-refractivity contribution is 5.46. The third-order valence-corrected chi connectivity index (χ3v) is 4.02. The lowest BCUT2D eigenvalue weighted by molar-refractivity contribution is 0.268. The summed E-state index contributed by atoms with van der Waals surface area (Å²) in [5.41, 5.74) is 3.82. The Morgan fingerprint density at radius 1 is 1.09 bits per heavy atom. The van der Waals surface area contributed by atoms with Gasteiger partial charge in [0.1, 0.15) is 5.65 Å². The third-order valence-electron chi connectivity index (χ3n) is 4.02. The summed E-state index contributed by atoms with van der Waals surface area (Å²) in [5.74, 6) is 0. The average Bonchev–Trinajstić information content (AvgIpc) is 2.56. The second kappa shape index (κ2) is 6.75. The van der Waals surface area contributed by atoms with Gasteiger partial charge in [0.05, 0.1) is 5.69 Å². The Labute approximate surface area is 136 Å². The van der Waals surface area contributed by atoms with Crippen molar-refractivity contribution in [3.63, 3.8) is 0 Å². The van der Waals surface area contributed by atoms with E-state index in [2.05, 4.69) is 28.9 Å². The van der Waals surface area contributed by atoms with E-state index in [1.807, 2.05) is 37.3 Å². The van der Waals surface area contributed by atoms with Crippen molar-refractivity contribution in [2.24, 2.45) is 0 Å². The largest absolute Gasteiger partial charge is 0.294 e. The van der Waals surface area contributed by atoms with Crippen LogP contribution in [0.2, 0.25) is 0 Å². The molecule has 4 nitrogen and oxygen atoms in total. The van der Waals surface area contributed by atoms with Crippen molar-refractivity contribution in [1.82, 2.24) is 14.3 Å². The third kappa shape index (κ3) is 3.48. The number of nitrogens with zero attached hydrogens (tertiary/aromatic N) is 3. The summed E-state index contributed by atoms with van der Waals surface area (Å²) in [7, 11) is 0. The fourth-order valence-corrected chi connectivity index (χ4v) is 2.74. The first-order chi connectivity index (χ1) is 11.2. The molecule has 0 saturated heterocycles. The first kappa shape index (κ1) is 15.4. The maximum absolute atomic E-state index is 12.3. The highest BCUT2D eigenvalue weighted by atomic mass is 16.1. The molecule has 0 radical (unpaired) electrons. The number of hydrogen-bond donors (Lipinski definition) is 0. The quantitative estimate of drug-likeness (QED) is 0.727. The molecule has 0 amide bonds. The molecule has 0 saturated carbocycles. The summed E-state index contributed by atoms with van der Waals surface area (Å²) >= 11 is 0. The van der Waals surface area contributed by atoms with Crippen molar-refractivity contribution >= 4 is 5.65 Å². The van der Waals surface area contributed by atoms with Gasteiger partial charge in [0.15, 0.2) is 0 Å². The molecule has 2 heterocycles. The van der Waals surface area contributed by atoms with E-state index >= 15 is 0 Å². The Morgan fingerprint density at radius 3 is 2.61 bits per heavy atom. The predicted octanol–water partition coefficient (Wildman–Crippen LogP) is 3.03. The maximum Gasteiger partial charge on any atom is 0.258 e. The molecule has 0 aliphatic heterocycles. The first-order valence-corrected chi connectivity index (χ1v) is 7.91. The van der Waals surface area contributed by atoms with Crippen molar-refractivity contribution < 1.29 is 0 Å². The molecule has 0 N–H and O–H groups in total. The zero-order chi connectivity index (χ0) is 16.2. The zero-order valence-corrected chi connectivity index (χ0v) is 13.6. The molecule has 0 spiro atoms. The van der Waals surface area contributed by atoms with Crippen LogP contribution in [-0.2, 0) is 13.1 Å². The van der Waals surface area contributed by atoms with Crippen molar-refractivity contribution in [2.45, 2.75) is 26.9 Å². The van der Waals surface area contributed by atoms with E-state index in [4.69, 9.17) is 0 Å². The number of rotatable bonds is 5. The van der Waals surface area contributed by atoms with E-state index in [9.17, 15) is 4.79 Å². The van der Waals surface area contributed by atoms with Crippen LogP contribution in [0.25, 0.3) is 5.65 Å². The van der Waals surface area contributed by atoms with Gasteiger partial charge < -0.3 is 0 Å². The molecule has 2 aromatic heterocycles. The fraction of sp³-hybridized carbons (Fsp3) is 0.263. The summed E-state index contributed by atoms with van der Waals surface area (Å²) in [6, 6.07) is 15.9. The molecule has 0 aliphatic rings. The monoisotopic (exact) mass is 307 g/mol. The molecular weight excluding hydrogens is 286 g/mol. The second-order valence-electron chi connectivity index (χ2n) is 5.76. The number of aromatic nitrogens is 2. The van der Waals surface area contributed by atoms with Gasteiger partial charge in [-0.15, -0.1) is 0 Å². The molecular formula is C19H21N3O. The van der Waals surface area contributed by atoms with Crippen LogP contribution >= 0.6 is 0 Å². The predicted molar refractivity (Wildman–Crippen MR) is 92.4 cm³/mol. The Kier molecular flexibility index (Phi) is 4.53. The molecule has 3 aromatic rings. The van der Waals surface area contributed by atoms with Crippen LogP contribution in [0.3, 0.4) is 0 Å². The molecule has 118 valence electrons. The van der Waals surface area contributed by atoms with Crippen molar-refractivity contribution in [1.29, 1.82) is 0 Å². The van der Waals surface area contributed by atoms with E-state index in [0.717, 1.165) is 30.0 Å². The first-order valence-electron chi connectivity index (χ1n) is 7.91. The van der Waals surface area contributed by atoms with Crippen molar-refractivity contribution in [3.8, 4) is 0 Å². The van der Waals surface area contributed by atoms with Gasteiger partial charge in [0.2, 0.25) is 0 Å². The SMILES string of the molecule is CCN(Cc1ccccc1)Cc1cc(=O)n2cccc(C)c2n1. The van der Waals surface area contributed by atoms with Crippen molar-refractivity contribution in [3.05, 3.63) is 81.9 Å². The molecule has 3 rings (SSSR count). The fourth-order valence-electron chi connectivity index (χ4n) is 2.74. The van der Waals surface area contributed by atoms with Gasteiger partial charge in [0, 0.05) is 25.4 Å². The van der Waals surface area contributed by atoms with E-state index in [1.54, 1.807) is 16.7 Å². The molecule has 0 unspecified atom stereocenters. The van der Waals surface area contributed by atoms with Gasteiger partial charge in [-0.2, -0.15) is 0 Å². The molecule has 4 heteroatoms. The van der Waals surface area contributed by atoms with Gasteiger partial charge in [-0.1, -0.05) is 43.3 Å². The Hall–Kier alpha value is -2.46. The topological polar surface area (TPSA) is 37.6 Å². The lowest BCUT2D eigenvalue weighted by Gasteiger charge is -2.20. The van der Waals surface area contributed by atoms with Crippen LogP contribution in [0.15, 0.2) is 59.5 Å². The van der Waals surface area contributed by atoms with Gasteiger partial charge in [-0.3, -0.25) is 14.1 Å². The minimum Gasteiger partial charge on any atom is -0.294 e. The average molecular weight is 307 g/mol. The summed E-state index contributed by atoms with van der Waals surface area (Å²) in [5, 5.41) is 0. The van der Waals surface area contributed by atoms with Crippen molar-refractivity contribution in [2.75, 3.05) is 6.54 Å². The number of aryl methyl sites for hydroxylation is 1. The Bertz CT molecular complexity index is 855. The Balaban J connectivity index is 1.88. The second-order valence-corrected chi connectivity index (χ2v) is 5.76. The zero-order valence-electron chi connectivity index (χ0n) is 13.6. The van der Waals surface area contributed by atoms with Crippen LogP contribution in [0.1, 0.15) is 23.7 Å². The van der Waals surface area contributed by atoms with Crippen LogP contribution in [0, 0.1) is 6.92 Å². The van der Waals surface area contributed by atoms with E-state index < -0.39 is 0 Å². The molecule has 0 aliphatic carbocycles. The van der Waals surface area contributed by atoms with Crippen LogP contribution in [0.4, 0.5) is 0 Å². The lowest BCUT2D eigenvalue weighted by Crippen LogP contribution is -2.25. The van der Waals surface area contributed by atoms with Gasteiger partial charge >= 0.3 is 0 Å². The standard InChI is InChI=1S/C19H21N3O/c1-3-21(13-16-9-5-4-6-10-16)14-17-12-18(23)22-11-7-8-15(2)19(22)20-17/h4-12H,3,13-14H2,1-2H3. The number of fused-ring (bicyclic) bond motifs is 1. The van der Waals surface area contributed by atoms with E-state index in [0.29, 0.717) is 6.54 Å². The van der Waals surface area contributed by atoms with Gasteiger partial charge in [-0.25, -0.2) is 4.98 Å². The van der Waals surface area contributed by atoms with Crippen LogP contribution < -0.4 is 5.56 Å². The molecule has 0 fully saturated rings. The van der Waals surface area contributed by atoms with E-state index in [1.165, 1.54) is 5.56 Å². The number of hydrogen-bond acceptors (Lipinski definition) is 3. The van der Waals surface area contributed by atoms with Gasteiger partial charge in [-0.05, 0) is 30.7 Å². The lowest BCUT2D eigenvalue weighted by atomic mass is 10.2. The van der Waals surface area contributed by atoms with Crippen LogP contribution in [0.5, 0.6) is 0 Å². The summed E-state index contributed by atoms with van der Waals surface area (Å²) in [4.78, 5) is 19.3. The summed E-state index contributed by atoms with van der Waals surface area (Å²) in [6.45, 7) is 6.54. The smallest absolute Gasteiger partial charge is 0.258 e. The molecule has 0 atom stereocenters. The molecule has 23 heavy (non-hydrogen) atoms. The highest BCUT2D eigenvalue weighted by Gasteiger charge is 2.09. The van der Waals surface area contributed by atoms with Crippen LogP contribution in [-0.4, -0.2) is 20.8 Å². The number of pyridine rings is 1. The Morgan fingerprint density at radius 2 is 1.87 bits per heavy atom. The van der Waals surface area contributed by atoms with Gasteiger partial charge in [0.25, 0.3) is 5.56 Å². The molecule has 1 aromatic carbocycles. The minimum atomic E-state index is -0.0236.